The molecular weight excluding hydrogens is 444 g/mol. The van der Waals surface area contributed by atoms with Gasteiger partial charge in [0.1, 0.15) is 24.4 Å². The first-order valence-corrected chi connectivity index (χ1v) is 11.0. The van der Waals surface area contributed by atoms with Crippen molar-refractivity contribution in [3.63, 3.8) is 0 Å². The van der Waals surface area contributed by atoms with Crippen molar-refractivity contribution in [2.24, 2.45) is 0 Å². The lowest BCUT2D eigenvalue weighted by atomic mass is 9.92. The molecule has 0 radical (unpaired) electrons. The molecule has 1 saturated heterocycles. The first-order chi connectivity index (χ1) is 16.6. The molecule has 11 heteroatoms. The van der Waals surface area contributed by atoms with Crippen molar-refractivity contribution in [2.75, 3.05) is 39.6 Å². The van der Waals surface area contributed by atoms with Crippen LogP contribution in [0.5, 0.6) is 0 Å². The third kappa shape index (κ3) is 10.7. The van der Waals surface area contributed by atoms with E-state index in [2.05, 4.69) is 6.58 Å². The average Bonchev–Trinajstić information content (AvgIpc) is 2.84. The Bertz CT molecular complexity index is 780. The monoisotopic (exact) mass is 474 g/mol. The molecule has 0 saturated carbocycles. The van der Waals surface area contributed by atoms with Crippen LogP contribution in [-0.2, 0) is 33.2 Å². The van der Waals surface area contributed by atoms with Crippen LogP contribution in [0.2, 0.25) is 0 Å². The van der Waals surface area contributed by atoms with Crippen molar-refractivity contribution >= 4 is 5.97 Å². The van der Waals surface area contributed by atoms with E-state index >= 15 is 0 Å². The topological polar surface area (TPSA) is 168 Å². The summed E-state index contributed by atoms with van der Waals surface area (Å²) in [5.41, 5.74) is 0. The quantitative estimate of drug-likeness (QED) is 0.171. The Morgan fingerprint density at radius 3 is 1.79 bits per heavy atom. The summed E-state index contributed by atoms with van der Waals surface area (Å²) in [4.78, 5) is 11.5. The van der Waals surface area contributed by atoms with Crippen molar-refractivity contribution in [1.82, 2.24) is 0 Å². The first-order valence-electron chi connectivity index (χ1n) is 11.0. The summed E-state index contributed by atoms with van der Waals surface area (Å²) in [7, 11) is 0. The van der Waals surface area contributed by atoms with Gasteiger partial charge >= 0.3 is 5.97 Å². The van der Waals surface area contributed by atoms with Crippen LogP contribution < -0.4 is 0 Å². The van der Waals surface area contributed by atoms with Crippen LogP contribution in [0.25, 0.3) is 0 Å². The highest BCUT2D eigenvalue weighted by Crippen LogP contribution is 2.30. The number of rotatable bonds is 17. The lowest BCUT2D eigenvalue weighted by molar-refractivity contribution is -0.266. The molecule has 1 unspecified atom stereocenters. The minimum absolute atomic E-state index is 0.0283. The van der Waals surface area contributed by atoms with Crippen LogP contribution in [0.1, 0.15) is 32.1 Å². The number of esters is 1. The van der Waals surface area contributed by atoms with Gasteiger partial charge in [0, 0.05) is 12.5 Å². The Labute approximate surface area is 199 Å². The van der Waals surface area contributed by atoms with E-state index in [0.29, 0.717) is 0 Å². The maximum atomic E-state index is 11.5. The van der Waals surface area contributed by atoms with Gasteiger partial charge in [-0.1, -0.05) is 6.58 Å². The molecule has 0 aromatic carbocycles. The summed E-state index contributed by atoms with van der Waals surface area (Å²) in [5, 5.41) is 35.5. The van der Waals surface area contributed by atoms with Crippen molar-refractivity contribution in [3.05, 3.63) is 12.7 Å². The van der Waals surface area contributed by atoms with Gasteiger partial charge in [0.05, 0.1) is 95.7 Å². The molecule has 1 aliphatic heterocycles. The number of carbonyl (C=O) groups is 1. The molecule has 184 valence electrons. The maximum absolute atomic E-state index is 11.5. The van der Waals surface area contributed by atoms with E-state index in [1.165, 1.54) is 0 Å². The molecule has 5 atom stereocenters. The average molecular weight is 475 g/mol. The summed E-state index contributed by atoms with van der Waals surface area (Å²) in [6, 6.07) is 8.05. The van der Waals surface area contributed by atoms with Gasteiger partial charge in [0.25, 0.3) is 0 Å². The smallest absolute Gasteiger partial charge is 0.330 e. The number of nitrogens with zero attached hydrogens (tertiary/aromatic N) is 4. The lowest BCUT2D eigenvalue weighted by Gasteiger charge is -2.46. The van der Waals surface area contributed by atoms with Crippen molar-refractivity contribution in [1.29, 1.82) is 21.0 Å². The molecule has 1 fully saturated rings. The molecular formula is C23H30N4O7. The van der Waals surface area contributed by atoms with Crippen molar-refractivity contribution in [2.45, 2.75) is 62.6 Å². The number of nitriles is 4. The predicted octanol–water partition coefficient (Wildman–Crippen LogP) is 1.70. The predicted molar refractivity (Wildman–Crippen MR) is 115 cm³/mol. The zero-order chi connectivity index (χ0) is 25.0. The minimum Gasteiger partial charge on any atom is -0.462 e. The van der Waals surface area contributed by atoms with Gasteiger partial charge in [-0.3, -0.25) is 0 Å². The van der Waals surface area contributed by atoms with Gasteiger partial charge < -0.3 is 28.4 Å². The Hall–Kier alpha value is -3.03. The van der Waals surface area contributed by atoms with E-state index in [4.69, 9.17) is 49.5 Å². The molecule has 1 rings (SSSR count). The van der Waals surface area contributed by atoms with E-state index < -0.39 is 36.5 Å². The lowest BCUT2D eigenvalue weighted by Crippen LogP contribution is -2.61. The van der Waals surface area contributed by atoms with E-state index in [9.17, 15) is 4.79 Å². The molecule has 34 heavy (non-hydrogen) atoms. The van der Waals surface area contributed by atoms with Crippen LogP contribution in [0.4, 0.5) is 0 Å². The highest BCUT2D eigenvalue weighted by Gasteiger charge is 2.48. The molecule has 0 aromatic heterocycles. The third-order valence-corrected chi connectivity index (χ3v) is 4.76. The maximum Gasteiger partial charge on any atom is 0.330 e. The van der Waals surface area contributed by atoms with Crippen molar-refractivity contribution < 1.29 is 33.2 Å². The SMILES string of the molecule is C=CC(=O)OCCC1O[C@H](COCCC#N)[C@@H](OCCC#N)[C@H](OCCC#N)[C@H]1OCCC#N. The Kier molecular flexibility index (Phi) is 15.7. The summed E-state index contributed by atoms with van der Waals surface area (Å²) in [6.07, 6.45) is -1.41. The fourth-order valence-corrected chi connectivity index (χ4v) is 3.32. The molecule has 0 amide bonds. The third-order valence-electron chi connectivity index (χ3n) is 4.76. The van der Waals surface area contributed by atoms with Gasteiger partial charge in [0.15, 0.2) is 0 Å². The second-order valence-electron chi connectivity index (χ2n) is 7.09. The summed E-state index contributed by atoms with van der Waals surface area (Å²) >= 11 is 0. The number of ether oxygens (including phenoxy) is 6. The van der Waals surface area contributed by atoms with Gasteiger partial charge in [-0.25, -0.2) is 4.79 Å². The normalized spacial score (nSPS) is 23.6. The summed E-state index contributed by atoms with van der Waals surface area (Å²) in [6.45, 7) is 4.02. The second kappa shape index (κ2) is 18.4. The van der Waals surface area contributed by atoms with E-state index in [0.717, 1.165) is 6.08 Å². The Balaban J connectivity index is 3.13. The van der Waals surface area contributed by atoms with Gasteiger partial charge in [-0.15, -0.1) is 0 Å². The largest absolute Gasteiger partial charge is 0.462 e. The van der Waals surface area contributed by atoms with Gasteiger partial charge in [-0.2, -0.15) is 21.0 Å². The molecule has 11 nitrogen and oxygen atoms in total. The summed E-state index contributed by atoms with van der Waals surface area (Å²) < 4.78 is 34.8. The highest BCUT2D eigenvalue weighted by molar-refractivity contribution is 5.81. The van der Waals surface area contributed by atoms with Gasteiger partial charge in [-0.05, 0) is 0 Å². The zero-order valence-corrected chi connectivity index (χ0v) is 19.1. The van der Waals surface area contributed by atoms with Crippen molar-refractivity contribution in [3.8, 4) is 24.3 Å². The first kappa shape index (κ1) is 29.0. The molecule has 1 aliphatic rings. The summed E-state index contributed by atoms with van der Waals surface area (Å²) in [5.74, 6) is -0.575. The van der Waals surface area contributed by atoms with Crippen LogP contribution in [0, 0.1) is 45.3 Å². The Morgan fingerprint density at radius 1 is 0.765 bits per heavy atom. The fraction of sp³-hybridized carbons (Fsp3) is 0.696. The number of hydrogen-bond acceptors (Lipinski definition) is 11. The van der Waals surface area contributed by atoms with E-state index in [1.54, 1.807) is 0 Å². The zero-order valence-electron chi connectivity index (χ0n) is 19.1. The molecule has 1 heterocycles. The molecule has 0 spiro atoms. The standard InChI is InChI=1S/C23H30N4O7/c1-2-20(28)30-16-7-18-21(31-13-4-9-25)23(33-15-6-11-27)22(32-14-5-10-26)19(34-18)17-29-12-3-8-24/h2,18-19,21-23H,1,3-7,12-17H2/t18?,19-,21+,22-,23-/m1/s1. The number of carbonyl (C=O) groups excluding carboxylic acids is 1. The molecule has 0 bridgehead atoms. The molecule has 0 N–H and O–H groups in total. The van der Waals surface area contributed by atoms with E-state index in [1.807, 2.05) is 24.3 Å². The molecule has 0 aliphatic carbocycles. The second-order valence-corrected chi connectivity index (χ2v) is 7.09. The van der Waals surface area contributed by atoms with Gasteiger partial charge in [0.2, 0.25) is 0 Å². The Morgan fingerprint density at radius 2 is 1.26 bits per heavy atom. The van der Waals surface area contributed by atoms with Crippen LogP contribution in [0.3, 0.4) is 0 Å². The van der Waals surface area contributed by atoms with Crippen LogP contribution >= 0.6 is 0 Å². The minimum atomic E-state index is -0.704. The number of hydrogen-bond donors (Lipinski definition) is 0. The highest BCUT2D eigenvalue weighted by atomic mass is 16.6. The van der Waals surface area contributed by atoms with Crippen LogP contribution in [-0.4, -0.2) is 76.1 Å². The fourth-order valence-electron chi connectivity index (χ4n) is 3.32. The molecule has 0 aromatic rings. The van der Waals surface area contributed by atoms with Crippen LogP contribution in [0.15, 0.2) is 12.7 Å². The van der Waals surface area contributed by atoms with E-state index in [-0.39, 0.29) is 71.7 Å².